The number of esters is 4. The first-order chi connectivity index (χ1) is 30.9. The van der Waals surface area contributed by atoms with Gasteiger partial charge in [0, 0.05) is 12.8 Å². The van der Waals surface area contributed by atoms with E-state index in [9.17, 15) is 19.2 Å². The molecule has 0 saturated heterocycles. The van der Waals surface area contributed by atoms with Gasteiger partial charge in [-0.1, -0.05) is 156 Å². The maximum Gasteiger partial charge on any atom is 0.343 e. The molecule has 0 N–H and O–H groups in total. The van der Waals surface area contributed by atoms with Crippen LogP contribution in [0.3, 0.4) is 0 Å². The first-order valence-corrected chi connectivity index (χ1v) is 22.3. The SMILES string of the molecule is O=C(CCCCCCCCCCCCCCCC(=O)Oc1ccc(C(=O)Oc2ccc(-c3ccccc3)cc2)cc1)Oc1ccc(C(=O)Oc2ccc(-c3ccccc3)cc2)cc1. The third kappa shape index (κ3) is 15.9. The van der Waals surface area contributed by atoms with Crippen LogP contribution >= 0.6 is 0 Å². The van der Waals surface area contributed by atoms with Gasteiger partial charge in [0.2, 0.25) is 0 Å². The standard InChI is InChI=1S/C55H56O8/c56-52(60-48-38-30-46(31-39-48)54(58)62-50-34-26-44(27-35-50)42-20-14-12-15-21-42)24-18-10-8-6-4-2-1-3-5-7-9-11-19-25-53(57)61-49-40-32-47(33-41-49)55(59)63-51-36-28-45(29-37-51)43-22-16-13-17-23-43/h12-17,20-23,26-41H,1-11,18-19,24-25H2. The van der Waals surface area contributed by atoms with Crippen LogP contribution in [0, 0.1) is 0 Å². The van der Waals surface area contributed by atoms with Crippen molar-refractivity contribution in [2.24, 2.45) is 0 Å². The van der Waals surface area contributed by atoms with Crippen molar-refractivity contribution in [3.63, 3.8) is 0 Å². The van der Waals surface area contributed by atoms with Gasteiger partial charge in [0.25, 0.3) is 0 Å². The first kappa shape index (κ1) is 45.7. The minimum Gasteiger partial charge on any atom is -0.427 e. The van der Waals surface area contributed by atoms with Crippen molar-refractivity contribution >= 4 is 23.9 Å². The molecule has 63 heavy (non-hydrogen) atoms. The Morgan fingerprint density at radius 3 is 0.841 bits per heavy atom. The summed E-state index contributed by atoms with van der Waals surface area (Å²) in [4.78, 5) is 50.0. The summed E-state index contributed by atoms with van der Waals surface area (Å²) in [6, 6.07) is 47.6. The molecule has 0 aliphatic carbocycles. The molecule has 8 nitrogen and oxygen atoms in total. The second kappa shape index (κ2) is 25.2. The van der Waals surface area contributed by atoms with Gasteiger partial charge in [-0.05, 0) is 108 Å². The maximum absolute atomic E-state index is 12.6. The van der Waals surface area contributed by atoms with Gasteiger partial charge in [0.1, 0.15) is 23.0 Å². The number of carbonyl (C=O) groups excluding carboxylic acids is 4. The summed E-state index contributed by atoms with van der Waals surface area (Å²) in [5, 5.41) is 0. The average Bonchev–Trinajstić information content (AvgIpc) is 3.31. The number of benzene rings is 6. The summed E-state index contributed by atoms with van der Waals surface area (Å²) in [6.45, 7) is 0. The van der Waals surface area contributed by atoms with E-state index in [1.165, 1.54) is 44.9 Å². The van der Waals surface area contributed by atoms with Crippen molar-refractivity contribution in [1.82, 2.24) is 0 Å². The maximum atomic E-state index is 12.6. The monoisotopic (exact) mass is 844 g/mol. The van der Waals surface area contributed by atoms with Crippen molar-refractivity contribution in [3.8, 4) is 45.3 Å². The number of rotatable bonds is 24. The van der Waals surface area contributed by atoms with Gasteiger partial charge in [-0.15, -0.1) is 0 Å². The van der Waals surface area contributed by atoms with Crippen LogP contribution in [0.1, 0.15) is 117 Å². The lowest BCUT2D eigenvalue weighted by atomic mass is 10.0. The van der Waals surface area contributed by atoms with Crippen molar-refractivity contribution in [2.75, 3.05) is 0 Å². The molecule has 0 saturated carbocycles. The molecule has 0 heterocycles. The van der Waals surface area contributed by atoms with E-state index in [-0.39, 0.29) is 11.9 Å². The van der Waals surface area contributed by atoms with E-state index in [2.05, 4.69) is 0 Å². The van der Waals surface area contributed by atoms with Crippen LogP contribution in [-0.4, -0.2) is 23.9 Å². The Morgan fingerprint density at radius 2 is 0.524 bits per heavy atom. The molecule has 0 aromatic heterocycles. The fourth-order valence-electron chi connectivity index (χ4n) is 7.19. The molecule has 0 unspecified atom stereocenters. The number of unbranched alkanes of at least 4 members (excludes halogenated alkanes) is 12. The number of hydrogen-bond donors (Lipinski definition) is 0. The molecule has 0 atom stereocenters. The fraction of sp³-hybridized carbons (Fsp3) is 0.273. The van der Waals surface area contributed by atoms with Gasteiger partial charge in [0.05, 0.1) is 11.1 Å². The van der Waals surface area contributed by atoms with E-state index in [1.54, 1.807) is 72.8 Å². The van der Waals surface area contributed by atoms with Crippen LogP contribution in [0.25, 0.3) is 22.3 Å². The van der Waals surface area contributed by atoms with E-state index in [1.807, 2.05) is 84.9 Å². The summed E-state index contributed by atoms with van der Waals surface area (Å²) < 4.78 is 22.0. The lowest BCUT2D eigenvalue weighted by molar-refractivity contribution is -0.135. The Kier molecular flexibility index (Phi) is 18.3. The third-order valence-corrected chi connectivity index (χ3v) is 10.7. The zero-order chi connectivity index (χ0) is 43.9. The van der Waals surface area contributed by atoms with E-state index in [0.29, 0.717) is 47.0 Å². The summed E-state index contributed by atoms with van der Waals surface area (Å²) in [5.74, 6) is 0.249. The molecule has 0 fully saturated rings. The lowest BCUT2D eigenvalue weighted by Gasteiger charge is -2.08. The number of carbonyl (C=O) groups is 4. The van der Waals surface area contributed by atoms with Gasteiger partial charge >= 0.3 is 23.9 Å². The molecule has 6 aromatic carbocycles. The van der Waals surface area contributed by atoms with Gasteiger partial charge in [-0.3, -0.25) is 9.59 Å². The minimum absolute atomic E-state index is 0.269. The molecule has 0 spiro atoms. The molecule has 324 valence electrons. The number of ether oxygens (including phenoxy) is 4. The Hall–Kier alpha value is -6.80. The zero-order valence-corrected chi connectivity index (χ0v) is 35.9. The highest BCUT2D eigenvalue weighted by molar-refractivity contribution is 5.92. The Morgan fingerprint density at radius 1 is 0.270 bits per heavy atom. The van der Waals surface area contributed by atoms with Crippen molar-refractivity contribution in [1.29, 1.82) is 0 Å². The molecule has 0 aliphatic heterocycles. The molecule has 8 heteroatoms. The van der Waals surface area contributed by atoms with Gasteiger partial charge < -0.3 is 18.9 Å². The van der Waals surface area contributed by atoms with Crippen LogP contribution in [0.15, 0.2) is 158 Å². The largest absolute Gasteiger partial charge is 0.427 e. The molecule has 0 radical (unpaired) electrons. The molecule has 0 aliphatic rings. The zero-order valence-electron chi connectivity index (χ0n) is 35.9. The Bertz CT molecular complexity index is 2140. The molecule has 0 amide bonds. The normalized spacial score (nSPS) is 10.8. The number of hydrogen-bond acceptors (Lipinski definition) is 8. The van der Waals surface area contributed by atoms with Crippen molar-refractivity contribution < 1.29 is 38.1 Å². The summed E-state index contributed by atoms with van der Waals surface area (Å²) in [6.07, 6.45) is 14.9. The van der Waals surface area contributed by atoms with Gasteiger partial charge in [-0.25, -0.2) is 9.59 Å². The van der Waals surface area contributed by atoms with Crippen LogP contribution in [-0.2, 0) is 9.59 Å². The lowest BCUT2D eigenvalue weighted by Crippen LogP contribution is -2.10. The van der Waals surface area contributed by atoms with E-state index < -0.39 is 11.9 Å². The summed E-state index contributed by atoms with van der Waals surface area (Å²) in [5.41, 5.74) is 5.01. The molecule has 0 bridgehead atoms. The molecule has 6 rings (SSSR count). The Balaban J connectivity index is 0.716. The van der Waals surface area contributed by atoms with E-state index in [4.69, 9.17) is 18.9 Å². The molecule has 6 aromatic rings. The van der Waals surface area contributed by atoms with Gasteiger partial charge in [-0.2, -0.15) is 0 Å². The molecular formula is C55H56O8. The van der Waals surface area contributed by atoms with E-state index in [0.717, 1.165) is 60.8 Å². The third-order valence-electron chi connectivity index (χ3n) is 10.7. The van der Waals surface area contributed by atoms with E-state index >= 15 is 0 Å². The smallest absolute Gasteiger partial charge is 0.343 e. The van der Waals surface area contributed by atoms with Gasteiger partial charge in [0.15, 0.2) is 0 Å². The summed E-state index contributed by atoms with van der Waals surface area (Å²) in [7, 11) is 0. The van der Waals surface area contributed by atoms with Crippen LogP contribution in [0.4, 0.5) is 0 Å². The van der Waals surface area contributed by atoms with Crippen LogP contribution in [0.5, 0.6) is 23.0 Å². The second-order valence-corrected chi connectivity index (χ2v) is 15.7. The average molecular weight is 845 g/mol. The minimum atomic E-state index is -0.475. The quantitative estimate of drug-likeness (QED) is 0.0337. The topological polar surface area (TPSA) is 105 Å². The van der Waals surface area contributed by atoms with Crippen LogP contribution in [0.2, 0.25) is 0 Å². The van der Waals surface area contributed by atoms with Crippen molar-refractivity contribution in [2.45, 2.75) is 96.3 Å². The highest BCUT2D eigenvalue weighted by Gasteiger charge is 2.13. The molecular weight excluding hydrogens is 789 g/mol. The summed E-state index contributed by atoms with van der Waals surface area (Å²) >= 11 is 0. The second-order valence-electron chi connectivity index (χ2n) is 15.7. The predicted octanol–water partition coefficient (Wildman–Crippen LogP) is 13.8. The fourth-order valence-corrected chi connectivity index (χ4v) is 7.19. The first-order valence-electron chi connectivity index (χ1n) is 22.3. The Labute approximate surface area is 371 Å². The highest BCUT2D eigenvalue weighted by atomic mass is 16.5. The predicted molar refractivity (Wildman–Crippen MR) is 247 cm³/mol. The highest BCUT2D eigenvalue weighted by Crippen LogP contribution is 2.25. The van der Waals surface area contributed by atoms with Crippen molar-refractivity contribution in [3.05, 3.63) is 169 Å². The van der Waals surface area contributed by atoms with Crippen LogP contribution < -0.4 is 18.9 Å².